The minimum absolute atomic E-state index is 0.239. The quantitative estimate of drug-likeness (QED) is 0.795. The van der Waals surface area contributed by atoms with E-state index < -0.39 is 0 Å². The molecule has 0 unspecified atom stereocenters. The number of pyridine rings is 1. The van der Waals surface area contributed by atoms with Gasteiger partial charge in [-0.15, -0.1) is 0 Å². The van der Waals surface area contributed by atoms with Crippen molar-refractivity contribution in [3.8, 4) is 0 Å². The lowest BCUT2D eigenvalue weighted by atomic mass is 9.94. The van der Waals surface area contributed by atoms with E-state index in [1.807, 2.05) is 30.4 Å². The van der Waals surface area contributed by atoms with Crippen LogP contribution in [0.5, 0.6) is 0 Å². The number of ether oxygens (including phenoxy) is 1. The first-order chi connectivity index (χ1) is 12.0. The normalized spacial score (nSPS) is 29.9. The lowest BCUT2D eigenvalue weighted by Crippen LogP contribution is -2.34. The van der Waals surface area contributed by atoms with E-state index in [-0.39, 0.29) is 12.0 Å². The van der Waals surface area contributed by atoms with Crippen LogP contribution in [0.2, 0.25) is 0 Å². The van der Waals surface area contributed by atoms with E-state index in [2.05, 4.69) is 29.9 Å². The highest BCUT2D eigenvalue weighted by atomic mass is 16.5. The van der Waals surface area contributed by atoms with Gasteiger partial charge in [0.2, 0.25) is 5.91 Å². The van der Waals surface area contributed by atoms with Crippen LogP contribution < -0.4 is 0 Å². The minimum atomic E-state index is 0.239. The van der Waals surface area contributed by atoms with Crippen LogP contribution in [0.15, 0.2) is 24.5 Å². The van der Waals surface area contributed by atoms with E-state index in [9.17, 15) is 4.79 Å². The molecule has 0 saturated carbocycles. The summed E-state index contributed by atoms with van der Waals surface area (Å²) in [7, 11) is 4.11. The standard InChI is InChI=1S/C20H31N3O2/c1-15-6-7-18(25-15)8-9-19(24)23(3)14-17-10-12-22(2)20(17)16-5-4-11-21-13-16/h4-5,11,13,15,17-18,20H,6-10,12,14H2,1-3H3/t15-,17-,18-,20-/m0/s1. The van der Waals surface area contributed by atoms with Crippen molar-refractivity contribution in [1.29, 1.82) is 0 Å². The van der Waals surface area contributed by atoms with Gasteiger partial charge in [-0.2, -0.15) is 0 Å². The Morgan fingerprint density at radius 2 is 2.24 bits per heavy atom. The molecule has 0 spiro atoms. The van der Waals surface area contributed by atoms with Gasteiger partial charge in [-0.3, -0.25) is 14.7 Å². The third-order valence-corrected chi connectivity index (χ3v) is 5.73. The molecule has 4 atom stereocenters. The van der Waals surface area contributed by atoms with Crippen molar-refractivity contribution in [1.82, 2.24) is 14.8 Å². The first-order valence-corrected chi connectivity index (χ1v) is 9.54. The van der Waals surface area contributed by atoms with Crippen molar-refractivity contribution in [2.45, 2.75) is 57.3 Å². The lowest BCUT2D eigenvalue weighted by Gasteiger charge is -2.29. The predicted octanol–water partition coefficient (Wildman–Crippen LogP) is 2.88. The van der Waals surface area contributed by atoms with Gasteiger partial charge in [-0.05, 0) is 63.7 Å². The summed E-state index contributed by atoms with van der Waals surface area (Å²) in [5.74, 6) is 0.702. The van der Waals surface area contributed by atoms with Crippen molar-refractivity contribution in [3.63, 3.8) is 0 Å². The molecule has 3 rings (SSSR count). The van der Waals surface area contributed by atoms with E-state index in [4.69, 9.17) is 4.74 Å². The van der Waals surface area contributed by atoms with E-state index in [1.54, 1.807) is 0 Å². The third-order valence-electron chi connectivity index (χ3n) is 5.73. The molecule has 25 heavy (non-hydrogen) atoms. The SMILES string of the molecule is C[C@H]1CC[C@@H](CCC(=O)N(C)C[C@@H]2CCN(C)[C@H]2c2cccnc2)O1. The number of rotatable bonds is 6. The zero-order valence-electron chi connectivity index (χ0n) is 15.7. The summed E-state index contributed by atoms with van der Waals surface area (Å²) in [4.78, 5) is 21.1. The average Bonchev–Trinajstić information content (AvgIpc) is 3.19. The van der Waals surface area contributed by atoms with Crippen LogP contribution in [-0.2, 0) is 9.53 Å². The minimum Gasteiger partial charge on any atom is -0.375 e. The average molecular weight is 345 g/mol. The van der Waals surface area contributed by atoms with E-state index in [0.29, 0.717) is 24.5 Å². The monoisotopic (exact) mass is 345 g/mol. The summed E-state index contributed by atoms with van der Waals surface area (Å²) in [6.07, 6.45) is 9.18. The zero-order chi connectivity index (χ0) is 17.8. The molecule has 1 aromatic rings. The molecule has 138 valence electrons. The molecule has 0 bridgehead atoms. The predicted molar refractivity (Wildman–Crippen MR) is 98.2 cm³/mol. The lowest BCUT2D eigenvalue weighted by molar-refractivity contribution is -0.131. The van der Waals surface area contributed by atoms with Crippen molar-refractivity contribution < 1.29 is 9.53 Å². The van der Waals surface area contributed by atoms with Gasteiger partial charge in [0.05, 0.1) is 12.2 Å². The van der Waals surface area contributed by atoms with E-state index in [0.717, 1.165) is 38.8 Å². The molecule has 5 heteroatoms. The molecule has 1 aromatic heterocycles. The van der Waals surface area contributed by atoms with Crippen LogP contribution in [0.3, 0.4) is 0 Å². The molecule has 3 heterocycles. The van der Waals surface area contributed by atoms with E-state index in [1.165, 1.54) is 5.56 Å². The molecule has 0 N–H and O–H groups in total. The number of amides is 1. The van der Waals surface area contributed by atoms with Crippen LogP contribution in [0.25, 0.3) is 0 Å². The van der Waals surface area contributed by atoms with Crippen LogP contribution >= 0.6 is 0 Å². The zero-order valence-corrected chi connectivity index (χ0v) is 15.7. The summed E-state index contributed by atoms with van der Waals surface area (Å²) in [6.45, 7) is 3.99. The second-order valence-corrected chi connectivity index (χ2v) is 7.72. The Balaban J connectivity index is 1.52. The summed E-state index contributed by atoms with van der Waals surface area (Å²) in [5.41, 5.74) is 1.25. The number of nitrogens with zero attached hydrogens (tertiary/aromatic N) is 3. The van der Waals surface area contributed by atoms with Crippen LogP contribution in [-0.4, -0.2) is 60.1 Å². The molecule has 2 aliphatic rings. The van der Waals surface area contributed by atoms with Gasteiger partial charge in [0.1, 0.15) is 0 Å². The summed E-state index contributed by atoms with van der Waals surface area (Å²) < 4.78 is 5.83. The Kier molecular flexibility index (Phi) is 6.07. The topological polar surface area (TPSA) is 45.7 Å². The highest BCUT2D eigenvalue weighted by Gasteiger charge is 2.34. The molecule has 2 saturated heterocycles. The fraction of sp³-hybridized carbons (Fsp3) is 0.700. The van der Waals surface area contributed by atoms with Crippen molar-refractivity contribution in [2.75, 3.05) is 27.2 Å². The Hall–Kier alpha value is -1.46. The number of carbonyl (C=O) groups excluding carboxylic acids is 1. The fourth-order valence-electron chi connectivity index (χ4n) is 4.32. The van der Waals surface area contributed by atoms with Gasteiger partial charge in [0.15, 0.2) is 0 Å². The molecule has 1 amide bonds. The second kappa shape index (κ2) is 8.28. The highest BCUT2D eigenvalue weighted by Crippen LogP contribution is 2.36. The van der Waals surface area contributed by atoms with Crippen molar-refractivity contribution in [2.24, 2.45) is 5.92 Å². The Morgan fingerprint density at radius 3 is 2.92 bits per heavy atom. The second-order valence-electron chi connectivity index (χ2n) is 7.72. The van der Waals surface area contributed by atoms with Crippen molar-refractivity contribution in [3.05, 3.63) is 30.1 Å². The summed E-state index contributed by atoms with van der Waals surface area (Å²) in [5, 5.41) is 0. The van der Waals surface area contributed by atoms with E-state index >= 15 is 0 Å². The van der Waals surface area contributed by atoms with Crippen LogP contribution in [0.1, 0.15) is 50.6 Å². The summed E-state index contributed by atoms with van der Waals surface area (Å²) >= 11 is 0. The van der Waals surface area contributed by atoms with Gasteiger partial charge in [0, 0.05) is 38.4 Å². The smallest absolute Gasteiger partial charge is 0.222 e. The van der Waals surface area contributed by atoms with Gasteiger partial charge in [-0.1, -0.05) is 6.07 Å². The molecule has 0 aromatic carbocycles. The molecule has 2 aliphatic heterocycles. The molecule has 0 radical (unpaired) electrons. The largest absolute Gasteiger partial charge is 0.375 e. The summed E-state index contributed by atoms with van der Waals surface area (Å²) in [6, 6.07) is 4.49. The third kappa shape index (κ3) is 4.59. The number of hydrogen-bond acceptors (Lipinski definition) is 4. The van der Waals surface area contributed by atoms with Gasteiger partial charge >= 0.3 is 0 Å². The van der Waals surface area contributed by atoms with Gasteiger partial charge < -0.3 is 9.64 Å². The molecule has 2 fully saturated rings. The number of aromatic nitrogens is 1. The van der Waals surface area contributed by atoms with Crippen molar-refractivity contribution >= 4 is 5.91 Å². The highest BCUT2D eigenvalue weighted by molar-refractivity contribution is 5.75. The molecule has 0 aliphatic carbocycles. The van der Waals surface area contributed by atoms with Crippen LogP contribution in [0, 0.1) is 5.92 Å². The Bertz CT molecular complexity index is 565. The first kappa shape index (κ1) is 18.3. The molecule has 5 nitrogen and oxygen atoms in total. The molecular formula is C20H31N3O2. The van der Waals surface area contributed by atoms with Gasteiger partial charge in [-0.25, -0.2) is 0 Å². The fourth-order valence-corrected chi connectivity index (χ4v) is 4.32. The van der Waals surface area contributed by atoms with Crippen LogP contribution in [0.4, 0.5) is 0 Å². The maximum absolute atomic E-state index is 12.5. The maximum Gasteiger partial charge on any atom is 0.222 e. The number of carbonyl (C=O) groups is 1. The van der Waals surface area contributed by atoms with Gasteiger partial charge in [0.25, 0.3) is 0 Å². The first-order valence-electron chi connectivity index (χ1n) is 9.54. The Labute approximate surface area is 151 Å². The number of hydrogen-bond donors (Lipinski definition) is 0. The Morgan fingerprint density at radius 1 is 1.40 bits per heavy atom. The molecular weight excluding hydrogens is 314 g/mol. The maximum atomic E-state index is 12.5. The number of likely N-dealkylation sites (tertiary alicyclic amines) is 1.